The molecule has 4 rings (SSSR count). The van der Waals surface area contributed by atoms with Gasteiger partial charge in [-0.1, -0.05) is 35.9 Å². The fourth-order valence-corrected chi connectivity index (χ4v) is 4.85. The van der Waals surface area contributed by atoms with Crippen molar-refractivity contribution in [2.24, 2.45) is 0 Å². The fourth-order valence-electron chi connectivity index (χ4n) is 4.27. The van der Waals surface area contributed by atoms with Crippen molar-refractivity contribution in [2.75, 3.05) is 38.2 Å². The highest BCUT2D eigenvalue weighted by Crippen LogP contribution is 2.27. The molecule has 0 saturated carbocycles. The topological polar surface area (TPSA) is 60.9 Å². The molecule has 6 nitrogen and oxygen atoms in total. The van der Waals surface area contributed by atoms with Crippen molar-refractivity contribution in [1.29, 1.82) is 0 Å². The second-order valence-corrected chi connectivity index (χ2v) is 9.47. The predicted molar refractivity (Wildman–Crippen MR) is 127 cm³/mol. The van der Waals surface area contributed by atoms with Gasteiger partial charge < -0.3 is 4.90 Å². The summed E-state index contributed by atoms with van der Waals surface area (Å²) in [5.74, 6) is -0.182. The zero-order valence-electron chi connectivity index (χ0n) is 18.0. The highest BCUT2D eigenvalue weighted by molar-refractivity contribution is 7.98. The van der Waals surface area contributed by atoms with Gasteiger partial charge in [-0.3, -0.25) is 24.2 Å². The zero-order valence-corrected chi connectivity index (χ0v) is 19.6. The lowest BCUT2D eigenvalue weighted by Crippen LogP contribution is -2.56. The second kappa shape index (κ2) is 10.1. The SMILES string of the molecule is CSCC[C@H](C(=O)N1CCN(Cc2ccc(Cl)cc2)CC1)N1C(=O)c2ccccc2C1=O. The van der Waals surface area contributed by atoms with Crippen molar-refractivity contribution in [1.82, 2.24) is 14.7 Å². The van der Waals surface area contributed by atoms with Crippen molar-refractivity contribution in [2.45, 2.75) is 19.0 Å². The minimum absolute atomic E-state index is 0.139. The van der Waals surface area contributed by atoms with E-state index in [1.807, 2.05) is 30.5 Å². The summed E-state index contributed by atoms with van der Waals surface area (Å²) >= 11 is 7.57. The zero-order chi connectivity index (χ0) is 22.7. The Hall–Kier alpha value is -2.35. The largest absolute Gasteiger partial charge is 0.338 e. The van der Waals surface area contributed by atoms with Gasteiger partial charge in [-0.05, 0) is 48.3 Å². The minimum Gasteiger partial charge on any atom is -0.338 e. The van der Waals surface area contributed by atoms with Crippen LogP contribution in [0.1, 0.15) is 32.7 Å². The number of halogens is 1. The number of benzene rings is 2. The van der Waals surface area contributed by atoms with Crippen LogP contribution in [-0.4, -0.2) is 76.7 Å². The summed E-state index contributed by atoms with van der Waals surface area (Å²) in [7, 11) is 0. The number of carbonyl (C=O) groups is 3. The normalized spacial score (nSPS) is 17.6. The Bertz CT molecular complexity index is 971. The van der Waals surface area contributed by atoms with E-state index in [4.69, 9.17) is 11.6 Å². The molecule has 1 atom stereocenters. The van der Waals surface area contributed by atoms with Gasteiger partial charge >= 0.3 is 0 Å². The van der Waals surface area contributed by atoms with Crippen molar-refractivity contribution >= 4 is 41.1 Å². The number of carbonyl (C=O) groups excluding carboxylic acids is 3. The molecule has 0 radical (unpaired) electrons. The van der Waals surface area contributed by atoms with Crippen molar-refractivity contribution in [3.8, 4) is 0 Å². The van der Waals surface area contributed by atoms with Crippen molar-refractivity contribution in [3.05, 3.63) is 70.2 Å². The van der Waals surface area contributed by atoms with E-state index < -0.39 is 6.04 Å². The van der Waals surface area contributed by atoms with Crippen LogP contribution in [0.25, 0.3) is 0 Å². The number of hydrogen-bond acceptors (Lipinski definition) is 5. The van der Waals surface area contributed by atoms with Gasteiger partial charge in [0.1, 0.15) is 6.04 Å². The first-order valence-electron chi connectivity index (χ1n) is 10.7. The molecule has 32 heavy (non-hydrogen) atoms. The molecule has 1 fully saturated rings. The van der Waals surface area contributed by atoms with Crippen LogP contribution in [0.3, 0.4) is 0 Å². The van der Waals surface area contributed by atoms with Crippen LogP contribution in [0.4, 0.5) is 0 Å². The summed E-state index contributed by atoms with van der Waals surface area (Å²) in [5.41, 5.74) is 1.94. The molecule has 8 heteroatoms. The summed E-state index contributed by atoms with van der Waals surface area (Å²) in [4.78, 5) is 44.7. The smallest absolute Gasteiger partial charge is 0.262 e. The highest BCUT2D eigenvalue weighted by Gasteiger charge is 2.43. The average molecular weight is 472 g/mol. The maximum atomic E-state index is 13.5. The monoisotopic (exact) mass is 471 g/mol. The van der Waals surface area contributed by atoms with E-state index in [0.29, 0.717) is 41.4 Å². The summed E-state index contributed by atoms with van der Waals surface area (Å²) in [6.45, 7) is 3.43. The molecule has 0 spiro atoms. The van der Waals surface area contributed by atoms with E-state index >= 15 is 0 Å². The molecule has 2 aliphatic rings. The van der Waals surface area contributed by atoms with E-state index in [1.165, 1.54) is 10.5 Å². The lowest BCUT2D eigenvalue weighted by Gasteiger charge is -2.38. The third-order valence-electron chi connectivity index (χ3n) is 6.02. The number of amides is 3. The van der Waals surface area contributed by atoms with Gasteiger partial charge in [0.15, 0.2) is 0 Å². The highest BCUT2D eigenvalue weighted by atomic mass is 35.5. The third-order valence-corrected chi connectivity index (χ3v) is 6.92. The van der Waals surface area contributed by atoms with Gasteiger partial charge in [-0.25, -0.2) is 0 Å². The summed E-state index contributed by atoms with van der Waals surface area (Å²) in [6.07, 6.45) is 2.41. The standard InChI is InChI=1S/C24H26ClN3O3S/c1-32-15-10-21(28-22(29)19-4-2-3-5-20(19)23(28)30)24(31)27-13-11-26(12-14-27)16-17-6-8-18(25)9-7-17/h2-9,21H,10-16H2,1H3/t21-/m1/s1. The third kappa shape index (κ3) is 4.70. The molecular weight excluding hydrogens is 446 g/mol. The predicted octanol–water partition coefficient (Wildman–Crippen LogP) is 3.40. The quantitative estimate of drug-likeness (QED) is 0.579. The van der Waals surface area contributed by atoms with Crippen LogP contribution in [0.5, 0.6) is 0 Å². The van der Waals surface area contributed by atoms with Crippen LogP contribution in [0.2, 0.25) is 5.02 Å². The van der Waals surface area contributed by atoms with Crippen molar-refractivity contribution in [3.63, 3.8) is 0 Å². The Balaban J connectivity index is 1.43. The molecule has 0 aromatic heterocycles. The Labute approximate surface area is 197 Å². The van der Waals surface area contributed by atoms with E-state index in [9.17, 15) is 14.4 Å². The molecule has 0 N–H and O–H groups in total. The average Bonchev–Trinajstić information content (AvgIpc) is 3.07. The molecule has 0 bridgehead atoms. The van der Waals surface area contributed by atoms with Crippen LogP contribution in [0.15, 0.2) is 48.5 Å². The Morgan fingerprint density at radius 1 is 0.969 bits per heavy atom. The minimum atomic E-state index is -0.766. The summed E-state index contributed by atoms with van der Waals surface area (Å²) in [5, 5.41) is 0.716. The number of nitrogens with zero attached hydrogens (tertiary/aromatic N) is 3. The molecule has 3 amide bonds. The summed E-state index contributed by atoms with van der Waals surface area (Å²) < 4.78 is 0. The van der Waals surface area contributed by atoms with Gasteiger partial charge in [0.25, 0.3) is 11.8 Å². The number of hydrogen-bond donors (Lipinski definition) is 0. The van der Waals surface area contributed by atoms with Gasteiger partial charge in [0, 0.05) is 37.7 Å². The Morgan fingerprint density at radius 2 is 1.56 bits per heavy atom. The first-order chi connectivity index (χ1) is 15.5. The molecule has 2 aliphatic heterocycles. The molecule has 0 unspecified atom stereocenters. The number of fused-ring (bicyclic) bond motifs is 1. The van der Waals surface area contributed by atoms with Crippen molar-refractivity contribution < 1.29 is 14.4 Å². The Kier molecular flexibility index (Phi) is 7.18. The Morgan fingerprint density at radius 3 is 2.12 bits per heavy atom. The molecule has 0 aliphatic carbocycles. The number of piperazine rings is 1. The van der Waals surface area contributed by atoms with Crippen LogP contribution in [0, 0.1) is 0 Å². The lowest BCUT2D eigenvalue weighted by atomic mass is 10.1. The molecule has 1 saturated heterocycles. The first kappa shape index (κ1) is 22.8. The molecule has 2 aromatic rings. The maximum Gasteiger partial charge on any atom is 0.262 e. The molecule has 2 aromatic carbocycles. The lowest BCUT2D eigenvalue weighted by molar-refractivity contribution is -0.137. The first-order valence-corrected chi connectivity index (χ1v) is 12.5. The van der Waals surface area contributed by atoms with E-state index in [0.717, 1.165) is 19.6 Å². The molecular formula is C24H26ClN3O3S. The van der Waals surface area contributed by atoms with Crippen LogP contribution >= 0.6 is 23.4 Å². The van der Waals surface area contributed by atoms with Gasteiger partial charge in [-0.2, -0.15) is 11.8 Å². The number of imide groups is 1. The number of thioether (sulfide) groups is 1. The van der Waals surface area contributed by atoms with Crippen LogP contribution in [-0.2, 0) is 11.3 Å². The maximum absolute atomic E-state index is 13.5. The fraction of sp³-hybridized carbons (Fsp3) is 0.375. The second-order valence-electron chi connectivity index (χ2n) is 8.05. The van der Waals surface area contributed by atoms with E-state index in [1.54, 1.807) is 40.9 Å². The van der Waals surface area contributed by atoms with Gasteiger partial charge in [-0.15, -0.1) is 0 Å². The van der Waals surface area contributed by atoms with Gasteiger partial charge in [0.2, 0.25) is 5.91 Å². The molecule has 2 heterocycles. The number of rotatable bonds is 7. The summed E-state index contributed by atoms with van der Waals surface area (Å²) in [6, 6.07) is 13.8. The van der Waals surface area contributed by atoms with Gasteiger partial charge in [0.05, 0.1) is 11.1 Å². The van der Waals surface area contributed by atoms with E-state index in [-0.39, 0.29) is 17.7 Å². The van der Waals surface area contributed by atoms with E-state index in [2.05, 4.69) is 4.90 Å². The van der Waals surface area contributed by atoms with Crippen LogP contribution < -0.4 is 0 Å². The molecule has 168 valence electrons.